The molecule has 0 aliphatic rings. The zero-order valence-corrected chi connectivity index (χ0v) is 10.1. The molecule has 2 amide bonds. The SMILES string of the molecule is CN(NC(=O)Nc1ccccc1)c1ccccc1. The number of hydrogen-bond acceptors (Lipinski definition) is 2. The van der Waals surface area contributed by atoms with Crippen LogP contribution in [-0.2, 0) is 0 Å². The molecule has 0 aromatic heterocycles. The van der Waals surface area contributed by atoms with Crippen molar-refractivity contribution in [2.75, 3.05) is 17.4 Å². The summed E-state index contributed by atoms with van der Waals surface area (Å²) in [5.74, 6) is 0. The van der Waals surface area contributed by atoms with Crippen LogP contribution in [0.1, 0.15) is 0 Å². The van der Waals surface area contributed by atoms with Crippen molar-refractivity contribution in [1.29, 1.82) is 0 Å². The highest BCUT2D eigenvalue weighted by Gasteiger charge is 2.05. The summed E-state index contributed by atoms with van der Waals surface area (Å²) in [4.78, 5) is 11.7. The Bertz CT molecular complexity index is 499. The van der Waals surface area contributed by atoms with Crippen LogP contribution in [0.3, 0.4) is 0 Å². The molecule has 0 heterocycles. The Hall–Kier alpha value is -2.49. The van der Waals surface area contributed by atoms with Crippen LogP contribution < -0.4 is 15.8 Å². The highest BCUT2D eigenvalue weighted by atomic mass is 16.2. The molecule has 0 spiro atoms. The molecule has 0 unspecified atom stereocenters. The van der Waals surface area contributed by atoms with Gasteiger partial charge in [-0.05, 0) is 24.3 Å². The number of hydrazine groups is 1. The van der Waals surface area contributed by atoms with Gasteiger partial charge < -0.3 is 5.32 Å². The van der Waals surface area contributed by atoms with Gasteiger partial charge in [-0.3, -0.25) is 5.01 Å². The lowest BCUT2D eigenvalue weighted by atomic mass is 10.3. The van der Waals surface area contributed by atoms with E-state index in [1.165, 1.54) is 0 Å². The number of rotatable bonds is 3. The van der Waals surface area contributed by atoms with Crippen molar-refractivity contribution in [2.24, 2.45) is 0 Å². The molecule has 92 valence electrons. The van der Waals surface area contributed by atoms with Gasteiger partial charge in [-0.2, -0.15) is 0 Å². The van der Waals surface area contributed by atoms with Crippen molar-refractivity contribution < 1.29 is 4.79 Å². The third kappa shape index (κ3) is 3.25. The fourth-order valence-electron chi connectivity index (χ4n) is 1.55. The van der Waals surface area contributed by atoms with Gasteiger partial charge in [-0.25, -0.2) is 10.2 Å². The number of anilines is 2. The molecule has 4 nitrogen and oxygen atoms in total. The molecular weight excluding hydrogens is 226 g/mol. The summed E-state index contributed by atoms with van der Waals surface area (Å²) in [6, 6.07) is 18.7. The van der Waals surface area contributed by atoms with Crippen molar-refractivity contribution in [3.05, 3.63) is 60.7 Å². The molecule has 0 fully saturated rings. The predicted octanol–water partition coefficient (Wildman–Crippen LogP) is 2.86. The summed E-state index contributed by atoms with van der Waals surface area (Å²) >= 11 is 0. The Morgan fingerprint density at radius 3 is 2.11 bits per heavy atom. The van der Waals surface area contributed by atoms with Crippen LogP contribution in [0.2, 0.25) is 0 Å². The number of amides is 2. The van der Waals surface area contributed by atoms with Crippen LogP contribution in [0.25, 0.3) is 0 Å². The van der Waals surface area contributed by atoms with Crippen LogP contribution in [0.5, 0.6) is 0 Å². The first-order chi connectivity index (χ1) is 8.75. The van der Waals surface area contributed by atoms with Gasteiger partial charge in [0.1, 0.15) is 0 Å². The summed E-state index contributed by atoms with van der Waals surface area (Å²) in [5.41, 5.74) is 4.41. The largest absolute Gasteiger partial charge is 0.338 e. The molecule has 2 aromatic rings. The maximum atomic E-state index is 11.7. The number of nitrogens with zero attached hydrogens (tertiary/aromatic N) is 1. The summed E-state index contributed by atoms with van der Waals surface area (Å²) in [5, 5.41) is 4.42. The fraction of sp³-hybridized carbons (Fsp3) is 0.0714. The Labute approximate surface area is 106 Å². The second kappa shape index (κ2) is 5.72. The van der Waals surface area contributed by atoms with Crippen molar-refractivity contribution in [3.63, 3.8) is 0 Å². The maximum Gasteiger partial charge on any atom is 0.338 e. The minimum absolute atomic E-state index is 0.271. The molecule has 0 aliphatic carbocycles. The Morgan fingerprint density at radius 1 is 0.944 bits per heavy atom. The number of nitrogens with one attached hydrogen (secondary N) is 2. The number of hydrogen-bond donors (Lipinski definition) is 2. The van der Waals surface area contributed by atoms with Gasteiger partial charge in [-0.1, -0.05) is 36.4 Å². The highest BCUT2D eigenvalue weighted by Crippen LogP contribution is 2.09. The van der Waals surface area contributed by atoms with E-state index in [0.717, 1.165) is 11.4 Å². The minimum atomic E-state index is -0.271. The van der Waals surface area contributed by atoms with E-state index >= 15 is 0 Å². The van der Waals surface area contributed by atoms with Crippen molar-refractivity contribution in [3.8, 4) is 0 Å². The summed E-state index contributed by atoms with van der Waals surface area (Å²) in [6.07, 6.45) is 0. The molecule has 0 saturated heterocycles. The third-order valence-electron chi connectivity index (χ3n) is 2.44. The summed E-state index contributed by atoms with van der Waals surface area (Å²) in [6.45, 7) is 0. The molecule has 2 rings (SSSR count). The van der Waals surface area contributed by atoms with E-state index < -0.39 is 0 Å². The first kappa shape index (κ1) is 12.0. The van der Waals surface area contributed by atoms with Gasteiger partial charge in [0.25, 0.3) is 0 Å². The topological polar surface area (TPSA) is 44.4 Å². The van der Waals surface area contributed by atoms with Crippen LogP contribution in [-0.4, -0.2) is 13.1 Å². The standard InChI is InChI=1S/C14H15N3O/c1-17(13-10-6-3-7-11-13)16-14(18)15-12-8-4-2-5-9-12/h2-11H,1H3,(H2,15,16,18). The first-order valence-corrected chi connectivity index (χ1v) is 5.67. The molecule has 0 atom stereocenters. The van der Waals surface area contributed by atoms with Crippen LogP contribution in [0.15, 0.2) is 60.7 Å². The van der Waals surface area contributed by atoms with Gasteiger partial charge in [0, 0.05) is 12.7 Å². The van der Waals surface area contributed by atoms with E-state index in [0.29, 0.717) is 0 Å². The monoisotopic (exact) mass is 241 g/mol. The highest BCUT2D eigenvalue weighted by molar-refractivity contribution is 5.90. The predicted molar refractivity (Wildman–Crippen MR) is 73.4 cm³/mol. The van der Waals surface area contributed by atoms with E-state index in [1.54, 1.807) is 12.1 Å². The lowest BCUT2D eigenvalue weighted by Gasteiger charge is -2.20. The first-order valence-electron chi connectivity index (χ1n) is 5.67. The Balaban J connectivity index is 1.92. The molecule has 0 radical (unpaired) electrons. The second-order valence-electron chi connectivity index (χ2n) is 3.83. The quantitative estimate of drug-likeness (QED) is 0.811. The van der Waals surface area contributed by atoms with E-state index in [2.05, 4.69) is 10.7 Å². The van der Waals surface area contributed by atoms with Crippen molar-refractivity contribution in [1.82, 2.24) is 5.43 Å². The van der Waals surface area contributed by atoms with Crippen molar-refractivity contribution in [2.45, 2.75) is 0 Å². The number of carbonyl (C=O) groups excluding carboxylic acids is 1. The van der Waals surface area contributed by atoms with E-state index in [9.17, 15) is 4.79 Å². The normalized spacial score (nSPS) is 9.61. The third-order valence-corrected chi connectivity index (χ3v) is 2.44. The summed E-state index contributed by atoms with van der Waals surface area (Å²) < 4.78 is 0. The molecule has 0 bridgehead atoms. The lowest BCUT2D eigenvalue weighted by molar-refractivity contribution is 0.252. The van der Waals surface area contributed by atoms with Gasteiger partial charge >= 0.3 is 6.03 Å². The molecule has 2 N–H and O–H groups in total. The average molecular weight is 241 g/mol. The van der Waals surface area contributed by atoms with Crippen LogP contribution >= 0.6 is 0 Å². The van der Waals surface area contributed by atoms with E-state index in [1.807, 2.05) is 60.7 Å². The number of carbonyl (C=O) groups is 1. The smallest absolute Gasteiger partial charge is 0.307 e. The maximum absolute atomic E-state index is 11.7. The Morgan fingerprint density at radius 2 is 1.50 bits per heavy atom. The van der Waals surface area contributed by atoms with Gasteiger partial charge in [0.05, 0.1) is 5.69 Å². The van der Waals surface area contributed by atoms with Crippen molar-refractivity contribution >= 4 is 17.4 Å². The van der Waals surface area contributed by atoms with Gasteiger partial charge in [0.15, 0.2) is 0 Å². The van der Waals surface area contributed by atoms with Crippen LogP contribution in [0.4, 0.5) is 16.2 Å². The summed E-state index contributed by atoms with van der Waals surface area (Å²) in [7, 11) is 1.79. The van der Waals surface area contributed by atoms with Gasteiger partial charge in [0.2, 0.25) is 0 Å². The number of urea groups is 1. The van der Waals surface area contributed by atoms with Gasteiger partial charge in [-0.15, -0.1) is 0 Å². The number of para-hydroxylation sites is 2. The molecule has 0 saturated carbocycles. The minimum Gasteiger partial charge on any atom is -0.307 e. The van der Waals surface area contributed by atoms with Crippen LogP contribution in [0, 0.1) is 0 Å². The zero-order chi connectivity index (χ0) is 12.8. The Kier molecular flexibility index (Phi) is 3.81. The van der Waals surface area contributed by atoms with E-state index in [-0.39, 0.29) is 6.03 Å². The molecular formula is C14H15N3O. The number of benzene rings is 2. The molecule has 18 heavy (non-hydrogen) atoms. The van der Waals surface area contributed by atoms with E-state index in [4.69, 9.17) is 0 Å². The average Bonchev–Trinajstić information content (AvgIpc) is 2.40. The molecule has 4 heteroatoms. The molecule has 0 aliphatic heterocycles. The molecule has 2 aromatic carbocycles. The second-order valence-corrected chi connectivity index (χ2v) is 3.83. The zero-order valence-electron chi connectivity index (χ0n) is 10.1. The lowest BCUT2D eigenvalue weighted by Crippen LogP contribution is -2.41. The fourth-order valence-corrected chi connectivity index (χ4v) is 1.55.